The van der Waals surface area contributed by atoms with Crippen LogP contribution in [0.4, 0.5) is 0 Å². The van der Waals surface area contributed by atoms with Crippen LogP contribution in [-0.4, -0.2) is 11.5 Å². The summed E-state index contributed by atoms with van der Waals surface area (Å²) < 4.78 is 18.2. The first-order chi connectivity index (χ1) is 9.05. The average molecular weight is 315 g/mol. The monoisotopic (exact) mass is 314 g/mol. The van der Waals surface area contributed by atoms with E-state index in [-0.39, 0.29) is 5.02 Å². The lowest BCUT2D eigenvalue weighted by Gasteiger charge is -2.28. The molecule has 1 aliphatic heterocycles. The highest BCUT2D eigenvalue weighted by atomic mass is 35.5. The Morgan fingerprint density at radius 3 is 2.63 bits per heavy atom. The van der Waals surface area contributed by atoms with Crippen LogP contribution in [0.15, 0.2) is 36.4 Å². The van der Waals surface area contributed by atoms with Gasteiger partial charge in [-0.15, -0.1) is 0 Å². The topological polar surface area (TPSA) is 46.5 Å². The molecule has 19 heavy (non-hydrogen) atoms. The van der Waals surface area contributed by atoms with Gasteiger partial charge in [0.15, 0.2) is 5.75 Å². The standard InChI is InChI=1S/C13H9Cl2O3P/c14-8-5-10-9-3-1-2-4-12(9)19(17,7-16)18-13(10)11(15)6-8/h1-6,16H,7H2. The summed E-state index contributed by atoms with van der Waals surface area (Å²) in [6.07, 6.45) is -0.567. The second-order valence-corrected chi connectivity index (χ2v) is 7.33. The van der Waals surface area contributed by atoms with E-state index in [0.717, 1.165) is 5.56 Å². The molecule has 1 unspecified atom stereocenters. The van der Waals surface area contributed by atoms with Crippen molar-refractivity contribution in [3.05, 3.63) is 46.4 Å². The maximum Gasteiger partial charge on any atom is 0.302 e. The number of benzene rings is 2. The van der Waals surface area contributed by atoms with Crippen molar-refractivity contribution in [2.75, 3.05) is 6.35 Å². The van der Waals surface area contributed by atoms with Crippen molar-refractivity contribution in [3.63, 3.8) is 0 Å². The first-order valence-electron chi connectivity index (χ1n) is 5.54. The van der Waals surface area contributed by atoms with Crippen molar-refractivity contribution in [1.82, 2.24) is 0 Å². The molecule has 0 fully saturated rings. The highest BCUT2D eigenvalue weighted by molar-refractivity contribution is 7.67. The summed E-state index contributed by atoms with van der Waals surface area (Å²) in [4.78, 5) is 0. The van der Waals surface area contributed by atoms with Crippen LogP contribution < -0.4 is 9.83 Å². The first-order valence-corrected chi connectivity index (χ1v) is 8.10. The fourth-order valence-electron chi connectivity index (χ4n) is 2.15. The zero-order valence-electron chi connectivity index (χ0n) is 9.64. The number of aliphatic hydroxyl groups is 1. The molecule has 6 heteroatoms. The van der Waals surface area contributed by atoms with E-state index < -0.39 is 13.7 Å². The van der Waals surface area contributed by atoms with Gasteiger partial charge in [0.1, 0.15) is 6.35 Å². The van der Waals surface area contributed by atoms with Crippen molar-refractivity contribution >= 4 is 35.9 Å². The van der Waals surface area contributed by atoms with Crippen molar-refractivity contribution < 1.29 is 14.2 Å². The molecule has 1 aliphatic rings. The molecule has 1 atom stereocenters. The number of fused-ring (bicyclic) bond motifs is 3. The molecule has 1 heterocycles. The molecule has 0 aromatic heterocycles. The molecule has 2 aromatic rings. The van der Waals surface area contributed by atoms with Crippen molar-refractivity contribution in [3.8, 4) is 16.9 Å². The van der Waals surface area contributed by atoms with Gasteiger partial charge in [0.2, 0.25) is 0 Å². The highest BCUT2D eigenvalue weighted by Crippen LogP contribution is 2.56. The number of aliphatic hydroxyl groups excluding tert-OH is 1. The van der Waals surface area contributed by atoms with Gasteiger partial charge in [-0.25, -0.2) is 0 Å². The third-order valence-corrected chi connectivity index (χ3v) is 5.47. The average Bonchev–Trinajstić information content (AvgIpc) is 2.41. The van der Waals surface area contributed by atoms with Crippen LogP contribution in [-0.2, 0) is 4.57 Å². The van der Waals surface area contributed by atoms with Crippen LogP contribution >= 0.6 is 30.6 Å². The Labute approximate surface area is 120 Å². The molecule has 0 bridgehead atoms. The molecule has 0 saturated carbocycles. The van der Waals surface area contributed by atoms with Crippen LogP contribution in [0.2, 0.25) is 10.0 Å². The van der Waals surface area contributed by atoms with Crippen molar-refractivity contribution in [2.45, 2.75) is 0 Å². The predicted octanol–water partition coefficient (Wildman–Crippen LogP) is 3.91. The molecule has 3 nitrogen and oxygen atoms in total. The Balaban J connectivity index is 2.38. The van der Waals surface area contributed by atoms with Gasteiger partial charge < -0.3 is 9.63 Å². The lowest BCUT2D eigenvalue weighted by atomic mass is 10.0. The van der Waals surface area contributed by atoms with Crippen LogP contribution in [0.3, 0.4) is 0 Å². The fraction of sp³-hybridized carbons (Fsp3) is 0.0769. The van der Waals surface area contributed by atoms with Crippen molar-refractivity contribution in [1.29, 1.82) is 0 Å². The molecule has 2 aromatic carbocycles. The lowest BCUT2D eigenvalue weighted by molar-refractivity contribution is 0.339. The van der Waals surface area contributed by atoms with E-state index in [2.05, 4.69) is 0 Å². The Hall–Kier alpha value is -0.990. The Kier molecular flexibility index (Phi) is 3.11. The minimum absolute atomic E-state index is 0.283. The van der Waals surface area contributed by atoms with Gasteiger partial charge in [-0.2, -0.15) is 0 Å². The van der Waals surface area contributed by atoms with Crippen LogP contribution in [0.1, 0.15) is 0 Å². The van der Waals surface area contributed by atoms with E-state index in [1.54, 1.807) is 18.2 Å². The molecule has 98 valence electrons. The van der Waals surface area contributed by atoms with E-state index in [0.29, 0.717) is 21.6 Å². The smallest absolute Gasteiger partial charge is 0.302 e. The Morgan fingerprint density at radius 2 is 1.89 bits per heavy atom. The second-order valence-electron chi connectivity index (χ2n) is 4.19. The van der Waals surface area contributed by atoms with Crippen LogP contribution in [0.25, 0.3) is 11.1 Å². The summed E-state index contributed by atoms with van der Waals surface area (Å²) in [5.41, 5.74) is 1.42. The summed E-state index contributed by atoms with van der Waals surface area (Å²) in [5.74, 6) is 0.308. The maximum atomic E-state index is 12.7. The van der Waals surface area contributed by atoms with E-state index >= 15 is 0 Å². The van der Waals surface area contributed by atoms with Gasteiger partial charge in [0.05, 0.1) is 10.3 Å². The summed E-state index contributed by atoms with van der Waals surface area (Å²) in [6.45, 7) is 0. The second kappa shape index (κ2) is 4.53. The zero-order valence-corrected chi connectivity index (χ0v) is 12.0. The third-order valence-electron chi connectivity index (χ3n) is 2.99. The largest absolute Gasteiger partial charge is 0.436 e. The van der Waals surface area contributed by atoms with E-state index in [1.165, 1.54) is 6.07 Å². The predicted molar refractivity (Wildman–Crippen MR) is 76.9 cm³/mol. The molecular formula is C13H9Cl2O3P. The summed E-state index contributed by atoms with van der Waals surface area (Å²) in [5, 5.41) is 10.7. The SMILES string of the molecule is O=P1(CO)Oc2c(Cl)cc(Cl)cc2-c2ccccc21. The molecule has 0 spiro atoms. The van der Waals surface area contributed by atoms with E-state index in [1.807, 2.05) is 12.1 Å². The minimum atomic E-state index is -3.33. The maximum absolute atomic E-state index is 12.7. The third kappa shape index (κ3) is 1.98. The van der Waals surface area contributed by atoms with E-state index in [4.69, 9.17) is 27.7 Å². The fourth-order valence-corrected chi connectivity index (χ4v) is 4.41. The minimum Gasteiger partial charge on any atom is -0.436 e. The molecule has 0 saturated heterocycles. The number of hydrogen-bond acceptors (Lipinski definition) is 3. The Bertz CT molecular complexity index is 715. The quantitative estimate of drug-likeness (QED) is 0.812. The molecule has 3 rings (SSSR count). The summed E-state index contributed by atoms with van der Waals surface area (Å²) >= 11 is 12.1. The van der Waals surface area contributed by atoms with E-state index in [9.17, 15) is 9.67 Å². The Morgan fingerprint density at radius 1 is 1.16 bits per heavy atom. The molecule has 0 aliphatic carbocycles. The number of halogens is 2. The molecule has 1 N–H and O–H groups in total. The summed E-state index contributed by atoms with van der Waals surface area (Å²) in [7, 11) is -3.33. The van der Waals surface area contributed by atoms with Gasteiger partial charge >= 0.3 is 7.37 Å². The molecule has 0 amide bonds. The van der Waals surface area contributed by atoms with Crippen LogP contribution in [0, 0.1) is 0 Å². The van der Waals surface area contributed by atoms with Gasteiger partial charge in [-0.3, -0.25) is 4.57 Å². The van der Waals surface area contributed by atoms with Gasteiger partial charge in [-0.05, 0) is 23.8 Å². The normalized spacial score (nSPS) is 20.4. The highest BCUT2D eigenvalue weighted by Gasteiger charge is 2.36. The molecular weight excluding hydrogens is 306 g/mol. The molecule has 0 radical (unpaired) electrons. The first kappa shape index (κ1) is 13.0. The number of hydrogen-bond donors (Lipinski definition) is 1. The van der Waals surface area contributed by atoms with Crippen molar-refractivity contribution in [2.24, 2.45) is 0 Å². The lowest BCUT2D eigenvalue weighted by Crippen LogP contribution is -2.19. The number of rotatable bonds is 1. The van der Waals surface area contributed by atoms with Crippen LogP contribution in [0.5, 0.6) is 5.75 Å². The van der Waals surface area contributed by atoms with Gasteiger partial charge in [0.25, 0.3) is 0 Å². The zero-order chi connectivity index (χ0) is 13.6. The summed E-state index contributed by atoms with van der Waals surface area (Å²) in [6, 6.07) is 10.3. The van der Waals surface area contributed by atoms with Gasteiger partial charge in [0, 0.05) is 10.6 Å². The van der Waals surface area contributed by atoms with Gasteiger partial charge in [-0.1, -0.05) is 41.4 Å².